The van der Waals surface area contributed by atoms with Crippen LogP contribution in [0, 0.1) is 0 Å². The summed E-state index contributed by atoms with van der Waals surface area (Å²) in [5.41, 5.74) is 2.48. The molecule has 2 heteroatoms. The molecule has 1 aromatic rings. The Hall–Kier alpha value is -1.12. The predicted molar refractivity (Wildman–Crippen MR) is 57.5 cm³/mol. The van der Waals surface area contributed by atoms with E-state index in [1.807, 2.05) is 6.07 Å². The Balaban J connectivity index is 1.54. The highest BCUT2D eigenvalue weighted by Gasteiger charge is 2.60. The molecule has 2 atom stereocenters. The van der Waals surface area contributed by atoms with Gasteiger partial charge in [0, 0.05) is 5.57 Å². The van der Waals surface area contributed by atoms with Gasteiger partial charge in [0.25, 0.3) is 0 Å². The summed E-state index contributed by atoms with van der Waals surface area (Å²) >= 11 is 0. The Labute approximate surface area is 89.5 Å². The maximum absolute atomic E-state index is 5.65. The molecule has 3 rings (SSSR count). The Morgan fingerprint density at radius 2 is 2.07 bits per heavy atom. The molecule has 0 bridgehead atoms. The Morgan fingerprint density at radius 1 is 1.33 bits per heavy atom. The highest BCUT2D eigenvalue weighted by Crippen LogP contribution is 2.49. The molecular formula is C13H14O2. The van der Waals surface area contributed by atoms with Gasteiger partial charge in [-0.05, 0) is 18.4 Å². The van der Waals surface area contributed by atoms with Crippen LogP contribution in [0.1, 0.15) is 12.0 Å². The van der Waals surface area contributed by atoms with Gasteiger partial charge in [0.15, 0.2) is 0 Å². The quantitative estimate of drug-likeness (QED) is 0.554. The Morgan fingerprint density at radius 3 is 2.67 bits per heavy atom. The highest BCUT2D eigenvalue weighted by atomic mass is 16.8. The fourth-order valence-electron chi connectivity index (χ4n) is 2.06. The minimum absolute atomic E-state index is 0.202. The van der Waals surface area contributed by atoms with Gasteiger partial charge in [-0.15, -0.1) is 0 Å². The lowest BCUT2D eigenvalue weighted by Crippen LogP contribution is -2.43. The van der Waals surface area contributed by atoms with Crippen LogP contribution in [0.5, 0.6) is 0 Å². The number of ether oxygens (including phenoxy) is 2. The summed E-state index contributed by atoms with van der Waals surface area (Å²) in [6.45, 7) is 4.72. The third-order valence-corrected chi connectivity index (χ3v) is 3.16. The second-order valence-corrected chi connectivity index (χ2v) is 4.20. The molecule has 2 nitrogen and oxygen atoms in total. The van der Waals surface area contributed by atoms with Crippen molar-refractivity contribution < 1.29 is 9.47 Å². The van der Waals surface area contributed by atoms with Crippen LogP contribution >= 0.6 is 0 Å². The van der Waals surface area contributed by atoms with E-state index in [0.29, 0.717) is 6.61 Å². The summed E-state index contributed by atoms with van der Waals surface area (Å²) in [6, 6.07) is 10.5. The molecule has 78 valence electrons. The van der Waals surface area contributed by atoms with Crippen molar-refractivity contribution in [3.63, 3.8) is 0 Å². The van der Waals surface area contributed by atoms with Gasteiger partial charge in [-0.2, -0.15) is 0 Å². The minimum atomic E-state index is -0.346. The number of hydrogen-bond acceptors (Lipinski definition) is 2. The third kappa shape index (κ3) is 1.50. The second-order valence-electron chi connectivity index (χ2n) is 4.20. The molecule has 0 saturated carbocycles. The van der Waals surface area contributed by atoms with Crippen LogP contribution < -0.4 is 0 Å². The normalized spacial score (nSPS) is 32.8. The largest absolute Gasteiger partial charge is 0.338 e. The second kappa shape index (κ2) is 3.19. The van der Waals surface area contributed by atoms with Crippen LogP contribution in [0.25, 0.3) is 0 Å². The molecule has 0 N–H and O–H groups in total. The van der Waals surface area contributed by atoms with E-state index in [1.165, 1.54) is 5.56 Å². The molecular weight excluding hydrogens is 188 g/mol. The molecule has 2 heterocycles. The maximum Gasteiger partial charge on any atom is 0.218 e. The van der Waals surface area contributed by atoms with Crippen LogP contribution in [-0.4, -0.2) is 18.5 Å². The van der Waals surface area contributed by atoms with E-state index in [0.717, 1.165) is 18.4 Å². The van der Waals surface area contributed by atoms with Crippen LogP contribution in [0.4, 0.5) is 0 Å². The minimum Gasteiger partial charge on any atom is -0.338 e. The van der Waals surface area contributed by atoms with Crippen LogP contribution in [0.3, 0.4) is 0 Å². The zero-order valence-electron chi connectivity index (χ0n) is 8.61. The summed E-state index contributed by atoms with van der Waals surface area (Å²) in [5, 5.41) is 0. The van der Waals surface area contributed by atoms with Gasteiger partial charge >= 0.3 is 0 Å². The summed E-state index contributed by atoms with van der Waals surface area (Å²) in [4.78, 5) is 0. The number of epoxide rings is 1. The van der Waals surface area contributed by atoms with E-state index >= 15 is 0 Å². The molecule has 2 aliphatic heterocycles. The van der Waals surface area contributed by atoms with Gasteiger partial charge < -0.3 is 9.47 Å². The number of hydrogen-bond donors (Lipinski definition) is 0. The Kier molecular flexibility index (Phi) is 1.94. The lowest BCUT2D eigenvalue weighted by atomic mass is 9.93. The first-order valence-electron chi connectivity index (χ1n) is 5.35. The van der Waals surface area contributed by atoms with Crippen molar-refractivity contribution in [1.29, 1.82) is 0 Å². The first kappa shape index (κ1) is 9.13. The van der Waals surface area contributed by atoms with Crippen molar-refractivity contribution in [2.45, 2.75) is 24.7 Å². The average Bonchev–Trinajstić information content (AvgIpc) is 3.07. The van der Waals surface area contributed by atoms with E-state index in [9.17, 15) is 0 Å². The molecule has 0 aromatic heterocycles. The molecule has 0 radical (unpaired) electrons. The van der Waals surface area contributed by atoms with Gasteiger partial charge in [-0.25, -0.2) is 0 Å². The summed E-state index contributed by atoms with van der Waals surface area (Å²) in [5.74, 6) is -0.346. The van der Waals surface area contributed by atoms with Crippen molar-refractivity contribution in [3.8, 4) is 0 Å². The first-order chi connectivity index (χ1) is 7.30. The van der Waals surface area contributed by atoms with Crippen molar-refractivity contribution in [1.82, 2.24) is 0 Å². The fraction of sp³-hybridized carbons (Fsp3) is 0.385. The zero-order valence-corrected chi connectivity index (χ0v) is 8.61. The first-order valence-corrected chi connectivity index (χ1v) is 5.35. The number of benzene rings is 1. The van der Waals surface area contributed by atoms with Gasteiger partial charge in [0.05, 0.1) is 6.10 Å². The summed E-state index contributed by atoms with van der Waals surface area (Å²) in [7, 11) is 0. The standard InChI is InChI=1S/C13H14O2/c1-10-12(15-13(10)9-14-13)8-7-11-5-3-2-4-6-11/h2-6,12H,1,7-9H2. The van der Waals surface area contributed by atoms with Gasteiger partial charge in [0.1, 0.15) is 6.61 Å². The lowest BCUT2D eigenvalue weighted by Gasteiger charge is -2.36. The Bertz CT molecular complexity index is 379. The number of aryl methyl sites for hydroxylation is 1. The average molecular weight is 202 g/mol. The van der Waals surface area contributed by atoms with Crippen molar-refractivity contribution in [2.75, 3.05) is 6.61 Å². The highest BCUT2D eigenvalue weighted by molar-refractivity contribution is 5.28. The lowest BCUT2D eigenvalue weighted by molar-refractivity contribution is -0.135. The molecule has 15 heavy (non-hydrogen) atoms. The van der Waals surface area contributed by atoms with E-state index < -0.39 is 0 Å². The van der Waals surface area contributed by atoms with Crippen LogP contribution in [0.2, 0.25) is 0 Å². The topological polar surface area (TPSA) is 21.8 Å². The van der Waals surface area contributed by atoms with E-state index in [2.05, 4.69) is 30.8 Å². The summed E-state index contributed by atoms with van der Waals surface area (Å²) < 4.78 is 10.9. The monoisotopic (exact) mass is 202 g/mol. The maximum atomic E-state index is 5.65. The fourth-order valence-corrected chi connectivity index (χ4v) is 2.06. The predicted octanol–water partition coefficient (Wildman–Crippen LogP) is 2.30. The molecule has 2 fully saturated rings. The molecule has 2 aliphatic rings. The molecule has 2 saturated heterocycles. The van der Waals surface area contributed by atoms with E-state index in [1.54, 1.807) is 0 Å². The molecule has 0 amide bonds. The summed E-state index contributed by atoms with van der Waals surface area (Å²) in [6.07, 6.45) is 2.25. The van der Waals surface area contributed by atoms with Gasteiger partial charge in [-0.1, -0.05) is 36.9 Å². The van der Waals surface area contributed by atoms with Crippen molar-refractivity contribution in [2.24, 2.45) is 0 Å². The van der Waals surface area contributed by atoms with Crippen molar-refractivity contribution in [3.05, 3.63) is 48.0 Å². The zero-order chi connectivity index (χ0) is 10.3. The smallest absolute Gasteiger partial charge is 0.218 e. The number of rotatable bonds is 3. The van der Waals surface area contributed by atoms with E-state index in [4.69, 9.17) is 9.47 Å². The van der Waals surface area contributed by atoms with E-state index in [-0.39, 0.29) is 11.9 Å². The third-order valence-electron chi connectivity index (χ3n) is 3.16. The molecule has 1 aromatic carbocycles. The van der Waals surface area contributed by atoms with Crippen LogP contribution in [0.15, 0.2) is 42.5 Å². The molecule has 1 spiro atoms. The molecule has 2 unspecified atom stereocenters. The van der Waals surface area contributed by atoms with Crippen molar-refractivity contribution >= 4 is 0 Å². The van der Waals surface area contributed by atoms with Gasteiger partial charge in [-0.3, -0.25) is 0 Å². The van der Waals surface area contributed by atoms with Crippen LogP contribution in [-0.2, 0) is 15.9 Å². The molecule has 0 aliphatic carbocycles. The van der Waals surface area contributed by atoms with Gasteiger partial charge in [0.2, 0.25) is 5.79 Å². The SMILES string of the molecule is C=C1C(CCc2ccccc2)OC12CO2.